The highest BCUT2D eigenvalue weighted by atomic mass is 19.1. The topological polar surface area (TPSA) is 20.2 Å². The highest BCUT2D eigenvalue weighted by Gasteiger charge is 2.26. The highest BCUT2D eigenvalue weighted by molar-refractivity contribution is 5.86. The molecule has 1 aliphatic carbocycles. The maximum absolute atomic E-state index is 13.6. The summed E-state index contributed by atoms with van der Waals surface area (Å²) in [7, 11) is 0. The molecule has 0 radical (unpaired) electrons. The Morgan fingerprint density at radius 1 is 1.12 bits per heavy atom. The summed E-state index contributed by atoms with van der Waals surface area (Å²) in [4.78, 5) is 0. The molecule has 0 heterocycles. The van der Waals surface area contributed by atoms with Crippen molar-refractivity contribution in [3.05, 3.63) is 47.8 Å². The Kier molecular flexibility index (Phi) is 2.60. The second kappa shape index (κ2) is 4.11. The van der Waals surface area contributed by atoms with Gasteiger partial charge in [-0.25, -0.2) is 4.39 Å². The first-order valence-corrected chi connectivity index (χ1v) is 6.11. The van der Waals surface area contributed by atoms with E-state index in [1.54, 1.807) is 12.1 Å². The van der Waals surface area contributed by atoms with Gasteiger partial charge in [-0.2, -0.15) is 0 Å². The van der Waals surface area contributed by atoms with Gasteiger partial charge in [0.2, 0.25) is 0 Å². The molecule has 2 aromatic rings. The molecule has 88 valence electrons. The number of hydrogen-bond donors (Lipinski definition) is 1. The molecule has 0 aliphatic heterocycles. The number of hydrogen-bond acceptors (Lipinski definition) is 1. The van der Waals surface area contributed by atoms with Crippen LogP contribution in [0.1, 0.15) is 30.9 Å². The second-order valence-electron chi connectivity index (χ2n) is 4.88. The van der Waals surface area contributed by atoms with E-state index in [-0.39, 0.29) is 5.82 Å². The molecule has 1 aliphatic rings. The fourth-order valence-electron chi connectivity index (χ4n) is 2.37. The summed E-state index contributed by atoms with van der Waals surface area (Å²) < 4.78 is 13.6. The fraction of sp³-hybridized carbons (Fsp3) is 0.333. The van der Waals surface area contributed by atoms with E-state index in [1.165, 1.54) is 18.9 Å². The van der Waals surface area contributed by atoms with Crippen molar-refractivity contribution in [2.24, 2.45) is 5.92 Å². The number of rotatable bonds is 3. The average molecular weight is 230 g/mol. The van der Waals surface area contributed by atoms with Crippen molar-refractivity contribution in [2.45, 2.75) is 25.4 Å². The number of fused-ring (bicyclic) bond motifs is 1. The van der Waals surface area contributed by atoms with E-state index in [4.69, 9.17) is 0 Å². The molecule has 0 aromatic heterocycles. The summed E-state index contributed by atoms with van der Waals surface area (Å²) in [6, 6.07) is 10.5. The van der Waals surface area contributed by atoms with Gasteiger partial charge in [-0.1, -0.05) is 43.2 Å². The first-order valence-electron chi connectivity index (χ1n) is 6.11. The average Bonchev–Trinajstić information content (AvgIpc) is 3.14. The Labute approximate surface area is 99.9 Å². The number of benzene rings is 2. The molecule has 3 rings (SSSR count). The van der Waals surface area contributed by atoms with Crippen LogP contribution in [0.15, 0.2) is 36.4 Å². The molecule has 0 amide bonds. The largest absolute Gasteiger partial charge is 0.388 e. The number of halogens is 1. The predicted octanol–water partition coefficient (Wildman–Crippen LogP) is 3.81. The summed E-state index contributed by atoms with van der Waals surface area (Å²) in [5.74, 6) is 0.441. The molecule has 2 aromatic carbocycles. The van der Waals surface area contributed by atoms with Gasteiger partial charge in [-0.15, -0.1) is 0 Å². The molecule has 1 unspecified atom stereocenters. The minimum absolute atomic E-state index is 0.219. The zero-order valence-corrected chi connectivity index (χ0v) is 9.57. The third-order valence-corrected chi connectivity index (χ3v) is 3.52. The quantitative estimate of drug-likeness (QED) is 0.850. The predicted molar refractivity (Wildman–Crippen MR) is 66.2 cm³/mol. The van der Waals surface area contributed by atoms with E-state index >= 15 is 0 Å². The van der Waals surface area contributed by atoms with Crippen LogP contribution in [-0.2, 0) is 0 Å². The SMILES string of the molecule is OC(CC1CC1)c1ccc(F)c2ccccc12. The van der Waals surface area contributed by atoms with Crippen LogP contribution in [0.3, 0.4) is 0 Å². The van der Waals surface area contributed by atoms with Gasteiger partial charge in [0.15, 0.2) is 0 Å². The highest BCUT2D eigenvalue weighted by Crippen LogP contribution is 2.39. The van der Waals surface area contributed by atoms with Crippen molar-refractivity contribution < 1.29 is 9.50 Å². The number of aliphatic hydroxyl groups excluding tert-OH is 1. The van der Waals surface area contributed by atoms with E-state index in [0.29, 0.717) is 11.3 Å². The van der Waals surface area contributed by atoms with Gasteiger partial charge in [0.1, 0.15) is 5.82 Å². The van der Waals surface area contributed by atoms with Crippen LogP contribution < -0.4 is 0 Å². The molecular weight excluding hydrogens is 215 g/mol. The molecule has 1 atom stereocenters. The summed E-state index contributed by atoms with van der Waals surface area (Å²) >= 11 is 0. The summed E-state index contributed by atoms with van der Waals surface area (Å²) in [5.41, 5.74) is 0.855. The molecule has 2 heteroatoms. The molecule has 0 bridgehead atoms. The summed E-state index contributed by atoms with van der Waals surface area (Å²) in [5, 5.41) is 11.6. The molecule has 0 saturated heterocycles. The van der Waals surface area contributed by atoms with Crippen molar-refractivity contribution >= 4 is 10.8 Å². The fourth-order valence-corrected chi connectivity index (χ4v) is 2.37. The van der Waals surface area contributed by atoms with Crippen molar-refractivity contribution in [1.82, 2.24) is 0 Å². The minimum atomic E-state index is -0.465. The third-order valence-electron chi connectivity index (χ3n) is 3.52. The third kappa shape index (κ3) is 2.05. The van der Waals surface area contributed by atoms with Gasteiger partial charge >= 0.3 is 0 Å². The van der Waals surface area contributed by atoms with Gasteiger partial charge in [0, 0.05) is 5.39 Å². The zero-order chi connectivity index (χ0) is 11.8. The molecular formula is C15H15FO. The van der Waals surface area contributed by atoms with Gasteiger partial charge in [0.05, 0.1) is 6.10 Å². The smallest absolute Gasteiger partial charge is 0.131 e. The van der Waals surface area contributed by atoms with Gasteiger partial charge < -0.3 is 5.11 Å². The van der Waals surface area contributed by atoms with Crippen LogP contribution in [0.5, 0.6) is 0 Å². The Hall–Kier alpha value is -1.41. The van der Waals surface area contributed by atoms with E-state index in [1.807, 2.05) is 18.2 Å². The lowest BCUT2D eigenvalue weighted by Crippen LogP contribution is -2.00. The molecule has 1 saturated carbocycles. The molecule has 1 nitrogen and oxygen atoms in total. The van der Waals surface area contributed by atoms with Gasteiger partial charge in [-0.3, -0.25) is 0 Å². The van der Waals surface area contributed by atoms with E-state index < -0.39 is 6.10 Å². The van der Waals surface area contributed by atoms with Crippen molar-refractivity contribution in [3.8, 4) is 0 Å². The minimum Gasteiger partial charge on any atom is -0.388 e. The van der Waals surface area contributed by atoms with Crippen LogP contribution in [0.4, 0.5) is 4.39 Å². The van der Waals surface area contributed by atoms with Crippen molar-refractivity contribution in [1.29, 1.82) is 0 Å². The monoisotopic (exact) mass is 230 g/mol. The summed E-state index contributed by atoms with van der Waals surface area (Å²) in [6.45, 7) is 0. The van der Waals surface area contributed by atoms with E-state index in [0.717, 1.165) is 17.4 Å². The Morgan fingerprint density at radius 3 is 2.53 bits per heavy atom. The summed E-state index contributed by atoms with van der Waals surface area (Å²) in [6.07, 6.45) is 2.77. The maximum atomic E-state index is 13.6. The number of aliphatic hydroxyl groups is 1. The zero-order valence-electron chi connectivity index (χ0n) is 9.57. The normalized spacial score (nSPS) is 17.3. The Bertz CT molecular complexity index is 546. The lowest BCUT2D eigenvalue weighted by Gasteiger charge is -2.13. The van der Waals surface area contributed by atoms with Crippen LogP contribution in [-0.4, -0.2) is 5.11 Å². The molecule has 0 spiro atoms. The van der Waals surface area contributed by atoms with Gasteiger partial charge in [0.25, 0.3) is 0 Å². The van der Waals surface area contributed by atoms with Crippen LogP contribution in [0.25, 0.3) is 10.8 Å². The molecule has 1 N–H and O–H groups in total. The standard InChI is InChI=1S/C15H15FO/c16-14-8-7-13(15(17)9-10-5-6-10)11-3-1-2-4-12(11)14/h1-4,7-8,10,15,17H,5-6,9H2. The molecule has 17 heavy (non-hydrogen) atoms. The van der Waals surface area contributed by atoms with Crippen LogP contribution in [0, 0.1) is 11.7 Å². The van der Waals surface area contributed by atoms with E-state index in [2.05, 4.69) is 0 Å². The Balaban J connectivity index is 2.05. The lowest BCUT2D eigenvalue weighted by molar-refractivity contribution is 0.162. The van der Waals surface area contributed by atoms with Crippen molar-refractivity contribution in [3.63, 3.8) is 0 Å². The lowest BCUT2D eigenvalue weighted by atomic mass is 9.97. The first-order chi connectivity index (χ1) is 8.25. The first kappa shape index (κ1) is 10.7. The van der Waals surface area contributed by atoms with Crippen LogP contribution >= 0.6 is 0 Å². The van der Waals surface area contributed by atoms with Gasteiger partial charge in [-0.05, 0) is 29.4 Å². The maximum Gasteiger partial charge on any atom is 0.131 e. The van der Waals surface area contributed by atoms with E-state index in [9.17, 15) is 9.50 Å². The molecule has 1 fully saturated rings. The van der Waals surface area contributed by atoms with Crippen molar-refractivity contribution in [2.75, 3.05) is 0 Å². The Morgan fingerprint density at radius 2 is 1.82 bits per heavy atom. The second-order valence-corrected chi connectivity index (χ2v) is 4.88. The van der Waals surface area contributed by atoms with Crippen LogP contribution in [0.2, 0.25) is 0 Å².